The summed E-state index contributed by atoms with van der Waals surface area (Å²) in [5, 5.41) is 2.60. The van der Waals surface area contributed by atoms with Crippen LogP contribution in [0.15, 0.2) is 35.3 Å². The highest BCUT2D eigenvalue weighted by atomic mass is 19.4. The van der Waals surface area contributed by atoms with E-state index in [4.69, 9.17) is 0 Å². The van der Waals surface area contributed by atoms with Crippen LogP contribution in [0.25, 0.3) is 16.8 Å². The SMILES string of the molecule is Cc1nc2c(-c3ccc(F)cc3)c[nH]n2c(=O)c1CC(F)(F)F. The number of nitrogens with zero attached hydrogens (tertiary/aromatic N) is 2. The number of aromatic amines is 1. The third-order valence-electron chi connectivity index (χ3n) is 3.49. The molecule has 0 fully saturated rings. The van der Waals surface area contributed by atoms with E-state index in [9.17, 15) is 22.4 Å². The molecule has 120 valence electrons. The Morgan fingerprint density at radius 2 is 1.87 bits per heavy atom. The number of alkyl halides is 3. The lowest BCUT2D eigenvalue weighted by Gasteiger charge is -2.09. The maximum Gasteiger partial charge on any atom is 0.393 e. The molecule has 0 radical (unpaired) electrons. The molecule has 1 aromatic carbocycles. The van der Waals surface area contributed by atoms with E-state index < -0.39 is 29.5 Å². The first kappa shape index (κ1) is 15.3. The van der Waals surface area contributed by atoms with Gasteiger partial charge >= 0.3 is 6.18 Å². The summed E-state index contributed by atoms with van der Waals surface area (Å²) in [6.07, 6.45) is -4.38. The van der Waals surface area contributed by atoms with Gasteiger partial charge in [0.25, 0.3) is 5.56 Å². The molecule has 0 saturated heterocycles. The normalized spacial score (nSPS) is 12.0. The predicted octanol–water partition coefficient (Wildman–Crippen LogP) is 3.24. The summed E-state index contributed by atoms with van der Waals surface area (Å²) >= 11 is 0. The molecule has 0 aliphatic rings. The summed E-state index contributed by atoms with van der Waals surface area (Å²) in [7, 11) is 0. The maximum atomic E-state index is 13.0. The van der Waals surface area contributed by atoms with Gasteiger partial charge in [0.2, 0.25) is 0 Å². The number of benzene rings is 1. The molecule has 2 heterocycles. The van der Waals surface area contributed by atoms with Gasteiger partial charge in [0.15, 0.2) is 5.65 Å². The summed E-state index contributed by atoms with van der Waals surface area (Å²) in [6, 6.07) is 5.51. The van der Waals surface area contributed by atoms with Gasteiger partial charge in [-0.25, -0.2) is 13.9 Å². The Bertz CT molecular complexity index is 923. The topological polar surface area (TPSA) is 50.2 Å². The Morgan fingerprint density at radius 1 is 1.22 bits per heavy atom. The Balaban J connectivity index is 2.19. The van der Waals surface area contributed by atoms with Crippen LogP contribution < -0.4 is 5.56 Å². The molecule has 2 aromatic heterocycles. The first-order valence-corrected chi connectivity index (χ1v) is 6.68. The molecule has 23 heavy (non-hydrogen) atoms. The highest BCUT2D eigenvalue weighted by molar-refractivity contribution is 5.76. The smallest absolute Gasteiger partial charge is 0.296 e. The van der Waals surface area contributed by atoms with Gasteiger partial charge < -0.3 is 0 Å². The molecular formula is C15H11F4N3O. The minimum Gasteiger partial charge on any atom is -0.296 e. The molecule has 0 aliphatic heterocycles. The summed E-state index contributed by atoms with van der Waals surface area (Å²) in [5.41, 5.74) is 0.129. The summed E-state index contributed by atoms with van der Waals surface area (Å²) in [6.45, 7) is 1.36. The first-order chi connectivity index (χ1) is 10.8. The average Bonchev–Trinajstić information content (AvgIpc) is 2.87. The molecule has 0 saturated carbocycles. The van der Waals surface area contributed by atoms with E-state index in [0.29, 0.717) is 11.1 Å². The number of aryl methyl sites for hydroxylation is 1. The molecule has 0 amide bonds. The number of fused-ring (bicyclic) bond motifs is 1. The van der Waals surface area contributed by atoms with Gasteiger partial charge in [-0.15, -0.1) is 0 Å². The van der Waals surface area contributed by atoms with E-state index in [1.807, 2.05) is 0 Å². The van der Waals surface area contributed by atoms with Crippen LogP contribution in [0.2, 0.25) is 0 Å². The van der Waals surface area contributed by atoms with Crippen molar-refractivity contribution in [1.29, 1.82) is 0 Å². The predicted molar refractivity (Wildman–Crippen MR) is 75.7 cm³/mol. The van der Waals surface area contributed by atoms with Gasteiger partial charge in [-0.1, -0.05) is 12.1 Å². The fourth-order valence-corrected chi connectivity index (χ4v) is 2.40. The van der Waals surface area contributed by atoms with Crippen molar-refractivity contribution in [1.82, 2.24) is 14.6 Å². The molecule has 4 nitrogen and oxygen atoms in total. The number of aromatic nitrogens is 3. The maximum absolute atomic E-state index is 13.0. The van der Waals surface area contributed by atoms with E-state index in [0.717, 1.165) is 4.52 Å². The largest absolute Gasteiger partial charge is 0.393 e. The second-order valence-corrected chi connectivity index (χ2v) is 5.13. The van der Waals surface area contributed by atoms with Crippen LogP contribution >= 0.6 is 0 Å². The number of hydrogen-bond donors (Lipinski definition) is 1. The zero-order valence-electron chi connectivity index (χ0n) is 11.9. The summed E-state index contributed by atoms with van der Waals surface area (Å²) in [4.78, 5) is 16.4. The van der Waals surface area contributed by atoms with E-state index in [2.05, 4.69) is 10.1 Å². The molecule has 1 N–H and O–H groups in total. The van der Waals surface area contributed by atoms with Crippen molar-refractivity contribution >= 4 is 5.65 Å². The molecule has 3 rings (SSSR count). The lowest BCUT2D eigenvalue weighted by Crippen LogP contribution is -2.26. The first-order valence-electron chi connectivity index (χ1n) is 6.68. The quantitative estimate of drug-likeness (QED) is 0.736. The second kappa shape index (κ2) is 5.22. The summed E-state index contributed by atoms with van der Waals surface area (Å²) < 4.78 is 51.7. The van der Waals surface area contributed by atoms with Gasteiger partial charge in [-0.2, -0.15) is 13.2 Å². The molecule has 8 heteroatoms. The lowest BCUT2D eigenvalue weighted by atomic mass is 10.1. The molecule has 0 unspecified atom stereocenters. The molecule has 0 spiro atoms. The van der Waals surface area contributed by atoms with Crippen LogP contribution in [0.5, 0.6) is 0 Å². The Kier molecular flexibility index (Phi) is 3.46. The van der Waals surface area contributed by atoms with Crippen LogP contribution in [-0.4, -0.2) is 20.8 Å². The molecule has 0 aliphatic carbocycles. The van der Waals surface area contributed by atoms with E-state index >= 15 is 0 Å². The minimum absolute atomic E-state index is 0.0234. The van der Waals surface area contributed by atoms with Crippen LogP contribution in [0, 0.1) is 12.7 Å². The molecule has 3 aromatic rings. The molecule has 0 atom stereocenters. The van der Waals surface area contributed by atoms with E-state index in [-0.39, 0.29) is 11.3 Å². The fraction of sp³-hybridized carbons (Fsp3) is 0.200. The summed E-state index contributed by atoms with van der Waals surface area (Å²) in [5.74, 6) is -0.414. The Morgan fingerprint density at radius 3 is 2.48 bits per heavy atom. The Labute approximate surface area is 127 Å². The van der Waals surface area contributed by atoms with Crippen molar-refractivity contribution in [2.75, 3.05) is 0 Å². The lowest BCUT2D eigenvalue weighted by molar-refractivity contribution is -0.127. The van der Waals surface area contributed by atoms with Crippen LogP contribution in [0.4, 0.5) is 17.6 Å². The third-order valence-corrected chi connectivity index (χ3v) is 3.49. The molecule has 0 bridgehead atoms. The van der Waals surface area contributed by atoms with Crippen molar-refractivity contribution < 1.29 is 17.6 Å². The van der Waals surface area contributed by atoms with Crippen molar-refractivity contribution in [2.45, 2.75) is 19.5 Å². The standard InChI is InChI=1S/C15H11F4N3O/c1-8-11(6-15(17,18)19)14(23)22-13(21-8)12(7-20-22)9-2-4-10(16)5-3-9/h2-5,7,20H,6H2,1H3. The Hall–Kier alpha value is -2.64. The van der Waals surface area contributed by atoms with Crippen molar-refractivity contribution in [2.24, 2.45) is 0 Å². The number of nitrogens with one attached hydrogen (secondary N) is 1. The second-order valence-electron chi connectivity index (χ2n) is 5.13. The van der Waals surface area contributed by atoms with Crippen molar-refractivity contribution in [3.8, 4) is 11.1 Å². The fourth-order valence-electron chi connectivity index (χ4n) is 2.40. The zero-order valence-corrected chi connectivity index (χ0v) is 11.9. The van der Waals surface area contributed by atoms with Crippen molar-refractivity contribution in [3.63, 3.8) is 0 Å². The molecular weight excluding hydrogens is 314 g/mol. The van der Waals surface area contributed by atoms with Crippen LogP contribution in [0.1, 0.15) is 11.3 Å². The average molecular weight is 325 g/mol. The monoisotopic (exact) mass is 325 g/mol. The van der Waals surface area contributed by atoms with Gasteiger partial charge in [0.05, 0.1) is 6.42 Å². The van der Waals surface area contributed by atoms with Gasteiger partial charge in [-0.3, -0.25) is 9.89 Å². The third kappa shape index (κ3) is 2.84. The van der Waals surface area contributed by atoms with Gasteiger partial charge in [-0.05, 0) is 24.6 Å². The van der Waals surface area contributed by atoms with Gasteiger partial charge in [0, 0.05) is 23.0 Å². The highest BCUT2D eigenvalue weighted by Crippen LogP contribution is 2.25. The number of hydrogen-bond acceptors (Lipinski definition) is 2. The number of rotatable bonds is 2. The highest BCUT2D eigenvalue weighted by Gasteiger charge is 2.31. The van der Waals surface area contributed by atoms with Crippen LogP contribution in [-0.2, 0) is 6.42 Å². The van der Waals surface area contributed by atoms with Crippen LogP contribution in [0.3, 0.4) is 0 Å². The van der Waals surface area contributed by atoms with Crippen molar-refractivity contribution in [3.05, 3.63) is 57.9 Å². The van der Waals surface area contributed by atoms with E-state index in [1.54, 1.807) is 0 Å². The minimum atomic E-state index is -4.49. The number of halogens is 4. The van der Waals surface area contributed by atoms with E-state index in [1.165, 1.54) is 37.4 Å². The van der Waals surface area contributed by atoms with Gasteiger partial charge in [0.1, 0.15) is 5.82 Å². The zero-order chi connectivity index (χ0) is 16.8. The number of H-pyrrole nitrogens is 1.